The standard InChI is InChI=1S/C26H22FN3O2/c1-17-14-20(9-8-19(17)15-28)29-25(31)26(2,32)16-30-13-12-22-23(30)11-10-21(24(22)27)18-6-4-3-5-7-18/h3-14,32H,16H2,1-2H3,(H,29,31)/t26-/m0/s1. The van der Waals surface area contributed by atoms with Crippen molar-refractivity contribution in [3.63, 3.8) is 0 Å². The van der Waals surface area contributed by atoms with Crippen LogP contribution in [0.2, 0.25) is 0 Å². The van der Waals surface area contributed by atoms with E-state index in [0.717, 1.165) is 11.1 Å². The van der Waals surface area contributed by atoms with Gasteiger partial charge in [0.25, 0.3) is 5.91 Å². The molecule has 1 atom stereocenters. The predicted molar refractivity (Wildman–Crippen MR) is 122 cm³/mol. The first-order valence-corrected chi connectivity index (χ1v) is 10.2. The van der Waals surface area contributed by atoms with Gasteiger partial charge in [-0.15, -0.1) is 0 Å². The summed E-state index contributed by atoms with van der Waals surface area (Å²) in [5.74, 6) is -0.936. The molecule has 1 amide bonds. The van der Waals surface area contributed by atoms with Gasteiger partial charge in [0.2, 0.25) is 0 Å². The van der Waals surface area contributed by atoms with E-state index in [4.69, 9.17) is 5.26 Å². The summed E-state index contributed by atoms with van der Waals surface area (Å²) in [5, 5.41) is 23.0. The Morgan fingerprint density at radius 2 is 1.91 bits per heavy atom. The number of carbonyl (C=O) groups is 1. The van der Waals surface area contributed by atoms with Crippen LogP contribution in [0, 0.1) is 24.1 Å². The predicted octanol–water partition coefficient (Wildman–Crippen LogP) is 5.02. The molecule has 1 heterocycles. The van der Waals surface area contributed by atoms with Gasteiger partial charge in [0.05, 0.1) is 23.7 Å². The van der Waals surface area contributed by atoms with Gasteiger partial charge in [-0.3, -0.25) is 4.79 Å². The van der Waals surface area contributed by atoms with Crippen LogP contribution in [0.4, 0.5) is 10.1 Å². The number of nitrogens with one attached hydrogen (secondary N) is 1. The number of nitriles is 1. The van der Waals surface area contributed by atoms with Crippen LogP contribution in [0.25, 0.3) is 22.0 Å². The zero-order valence-corrected chi connectivity index (χ0v) is 17.8. The van der Waals surface area contributed by atoms with Gasteiger partial charge in [-0.2, -0.15) is 5.26 Å². The number of amides is 1. The number of rotatable bonds is 5. The van der Waals surface area contributed by atoms with Crippen molar-refractivity contribution in [3.05, 3.63) is 89.9 Å². The molecule has 0 unspecified atom stereocenters. The van der Waals surface area contributed by atoms with Crippen molar-refractivity contribution in [3.8, 4) is 17.2 Å². The van der Waals surface area contributed by atoms with Gasteiger partial charge in [0, 0.05) is 22.8 Å². The fourth-order valence-corrected chi connectivity index (χ4v) is 3.75. The summed E-state index contributed by atoms with van der Waals surface area (Å²) in [6.45, 7) is 3.14. The number of aryl methyl sites for hydroxylation is 1. The molecule has 0 aliphatic heterocycles. The SMILES string of the molecule is Cc1cc(NC(=O)[C@@](C)(O)Cn2ccc3c(F)c(-c4ccccc4)ccc32)ccc1C#N. The zero-order chi connectivity index (χ0) is 22.9. The third-order valence-corrected chi connectivity index (χ3v) is 5.54. The first kappa shape index (κ1) is 21.3. The van der Waals surface area contributed by atoms with Crippen molar-refractivity contribution in [1.82, 2.24) is 4.57 Å². The van der Waals surface area contributed by atoms with Crippen LogP contribution < -0.4 is 5.32 Å². The maximum atomic E-state index is 15.2. The summed E-state index contributed by atoms with van der Waals surface area (Å²) >= 11 is 0. The number of nitrogens with zero attached hydrogens (tertiary/aromatic N) is 2. The van der Waals surface area contributed by atoms with Crippen molar-refractivity contribution in [1.29, 1.82) is 5.26 Å². The lowest BCUT2D eigenvalue weighted by Crippen LogP contribution is -2.43. The first-order valence-electron chi connectivity index (χ1n) is 10.2. The Balaban J connectivity index is 1.58. The largest absolute Gasteiger partial charge is 0.378 e. The van der Waals surface area contributed by atoms with Crippen LogP contribution in [-0.2, 0) is 11.3 Å². The third-order valence-electron chi connectivity index (χ3n) is 5.54. The molecule has 4 rings (SSSR count). The monoisotopic (exact) mass is 427 g/mol. The molecule has 6 heteroatoms. The fraction of sp³-hybridized carbons (Fsp3) is 0.154. The molecule has 32 heavy (non-hydrogen) atoms. The number of halogens is 1. The molecule has 3 aromatic carbocycles. The van der Waals surface area contributed by atoms with Gasteiger partial charge in [0.1, 0.15) is 5.82 Å². The van der Waals surface area contributed by atoms with Crippen molar-refractivity contribution in [2.24, 2.45) is 0 Å². The molecule has 0 fully saturated rings. The first-order chi connectivity index (χ1) is 15.3. The van der Waals surface area contributed by atoms with Crippen LogP contribution in [0.5, 0.6) is 0 Å². The third kappa shape index (κ3) is 3.98. The van der Waals surface area contributed by atoms with Crippen molar-refractivity contribution in [2.75, 3.05) is 5.32 Å². The van der Waals surface area contributed by atoms with E-state index in [2.05, 4.69) is 11.4 Å². The van der Waals surface area contributed by atoms with Crippen molar-refractivity contribution < 1.29 is 14.3 Å². The molecule has 0 spiro atoms. The number of hydrogen-bond acceptors (Lipinski definition) is 3. The summed E-state index contributed by atoms with van der Waals surface area (Å²) in [7, 11) is 0. The number of anilines is 1. The normalized spacial score (nSPS) is 12.8. The van der Waals surface area contributed by atoms with Gasteiger partial charge in [-0.25, -0.2) is 4.39 Å². The topological polar surface area (TPSA) is 78.0 Å². The van der Waals surface area contributed by atoms with E-state index in [9.17, 15) is 9.90 Å². The van der Waals surface area contributed by atoms with Crippen LogP contribution in [0.1, 0.15) is 18.1 Å². The van der Waals surface area contributed by atoms with Crippen LogP contribution in [0.15, 0.2) is 72.9 Å². The second-order valence-electron chi connectivity index (χ2n) is 8.04. The van der Waals surface area contributed by atoms with E-state index in [0.29, 0.717) is 27.7 Å². The Bertz CT molecular complexity index is 1350. The zero-order valence-electron chi connectivity index (χ0n) is 17.8. The Kier molecular flexibility index (Phi) is 5.52. The van der Waals surface area contributed by atoms with Gasteiger partial charge >= 0.3 is 0 Å². The van der Waals surface area contributed by atoms with E-state index in [1.165, 1.54) is 6.92 Å². The molecule has 1 aromatic heterocycles. The van der Waals surface area contributed by atoms with Gasteiger partial charge in [-0.05, 0) is 61.4 Å². The number of fused-ring (bicyclic) bond motifs is 1. The summed E-state index contributed by atoms with van der Waals surface area (Å²) < 4.78 is 16.8. The van der Waals surface area contributed by atoms with Crippen molar-refractivity contribution >= 4 is 22.5 Å². The Morgan fingerprint density at radius 1 is 1.16 bits per heavy atom. The minimum absolute atomic E-state index is 0.0539. The van der Waals surface area contributed by atoms with E-state index < -0.39 is 11.5 Å². The number of benzene rings is 3. The number of carbonyl (C=O) groups excluding carboxylic acids is 1. The molecule has 0 bridgehead atoms. The number of aromatic nitrogens is 1. The Morgan fingerprint density at radius 3 is 2.59 bits per heavy atom. The average Bonchev–Trinajstić information content (AvgIpc) is 3.17. The minimum Gasteiger partial charge on any atom is -0.378 e. The van der Waals surface area contributed by atoms with Crippen LogP contribution in [-0.4, -0.2) is 21.2 Å². The molecule has 160 valence electrons. The van der Waals surface area contributed by atoms with Gasteiger partial charge in [0.15, 0.2) is 5.60 Å². The highest BCUT2D eigenvalue weighted by Crippen LogP contribution is 2.30. The number of hydrogen-bond donors (Lipinski definition) is 2. The van der Waals surface area contributed by atoms with E-state index in [-0.39, 0.29) is 12.4 Å². The highest BCUT2D eigenvalue weighted by Gasteiger charge is 2.31. The molecule has 0 aliphatic carbocycles. The summed E-state index contributed by atoms with van der Waals surface area (Å²) in [6, 6.07) is 21.4. The maximum absolute atomic E-state index is 15.2. The highest BCUT2D eigenvalue weighted by atomic mass is 19.1. The molecule has 0 saturated heterocycles. The summed E-state index contributed by atoms with van der Waals surface area (Å²) in [6.07, 6.45) is 1.66. The second-order valence-corrected chi connectivity index (χ2v) is 8.04. The lowest BCUT2D eigenvalue weighted by molar-refractivity contribution is -0.133. The lowest BCUT2D eigenvalue weighted by Gasteiger charge is -2.23. The molecule has 5 nitrogen and oxygen atoms in total. The second kappa shape index (κ2) is 8.29. The highest BCUT2D eigenvalue weighted by molar-refractivity contribution is 5.97. The van der Waals surface area contributed by atoms with E-state index in [1.54, 1.807) is 54.1 Å². The Labute approximate surface area is 185 Å². The minimum atomic E-state index is -1.75. The fourth-order valence-electron chi connectivity index (χ4n) is 3.75. The average molecular weight is 427 g/mol. The molecule has 0 saturated carbocycles. The smallest absolute Gasteiger partial charge is 0.257 e. The van der Waals surface area contributed by atoms with Gasteiger partial charge < -0.3 is 15.0 Å². The Hall–Kier alpha value is -3.95. The molecule has 2 N–H and O–H groups in total. The maximum Gasteiger partial charge on any atom is 0.257 e. The molecular formula is C26H22FN3O2. The van der Waals surface area contributed by atoms with Crippen LogP contribution in [0.3, 0.4) is 0 Å². The lowest BCUT2D eigenvalue weighted by atomic mass is 10.0. The van der Waals surface area contributed by atoms with Gasteiger partial charge in [-0.1, -0.05) is 30.3 Å². The van der Waals surface area contributed by atoms with E-state index in [1.807, 2.05) is 30.3 Å². The molecular weight excluding hydrogens is 405 g/mol. The summed E-state index contributed by atoms with van der Waals surface area (Å²) in [4.78, 5) is 12.8. The summed E-state index contributed by atoms with van der Waals surface area (Å²) in [5.41, 5.74) is 1.85. The number of aliphatic hydroxyl groups is 1. The van der Waals surface area contributed by atoms with Crippen LogP contribution >= 0.6 is 0 Å². The molecule has 0 radical (unpaired) electrons. The van der Waals surface area contributed by atoms with Crippen molar-refractivity contribution in [2.45, 2.75) is 26.0 Å². The molecule has 4 aromatic rings. The van der Waals surface area contributed by atoms with E-state index >= 15 is 4.39 Å². The molecule has 0 aliphatic rings. The quantitative estimate of drug-likeness (QED) is 0.470.